The van der Waals surface area contributed by atoms with Crippen LogP contribution >= 0.6 is 23.2 Å². The number of benzene rings is 1. The molecule has 0 unspecified atom stereocenters. The summed E-state index contributed by atoms with van der Waals surface area (Å²) in [6.45, 7) is 1.40. The summed E-state index contributed by atoms with van der Waals surface area (Å²) in [7, 11) is 0. The van der Waals surface area contributed by atoms with Gasteiger partial charge in [0.25, 0.3) is 0 Å². The first-order chi connectivity index (χ1) is 8.25. The zero-order chi connectivity index (χ0) is 12.1. The first-order valence-corrected chi connectivity index (χ1v) is 5.91. The maximum Gasteiger partial charge on any atom is 0.227 e. The number of halogens is 2. The molecule has 4 nitrogen and oxygen atoms in total. The van der Waals surface area contributed by atoms with E-state index >= 15 is 0 Å². The minimum atomic E-state index is 0.620. The van der Waals surface area contributed by atoms with Crippen molar-refractivity contribution >= 4 is 23.2 Å². The highest BCUT2D eigenvalue weighted by Gasteiger charge is 2.02. The largest absolute Gasteiger partial charge is 0.340 e. The molecule has 0 bridgehead atoms. The van der Waals surface area contributed by atoms with Gasteiger partial charge in [-0.25, -0.2) is 0 Å². The lowest BCUT2D eigenvalue weighted by atomic mass is 10.2. The van der Waals surface area contributed by atoms with Crippen LogP contribution in [0.3, 0.4) is 0 Å². The Morgan fingerprint density at radius 2 is 2.18 bits per heavy atom. The second kappa shape index (κ2) is 6.00. The van der Waals surface area contributed by atoms with Gasteiger partial charge >= 0.3 is 0 Å². The van der Waals surface area contributed by atoms with Crippen LogP contribution in [-0.2, 0) is 13.0 Å². The maximum absolute atomic E-state index is 6.04. The third kappa shape index (κ3) is 3.70. The Morgan fingerprint density at radius 1 is 1.29 bits per heavy atom. The van der Waals surface area contributed by atoms with Crippen LogP contribution in [0.1, 0.15) is 11.5 Å². The Bertz CT molecular complexity index is 474. The van der Waals surface area contributed by atoms with Crippen LogP contribution in [0.4, 0.5) is 0 Å². The maximum atomic E-state index is 6.04. The molecule has 0 saturated carbocycles. The van der Waals surface area contributed by atoms with Crippen LogP contribution in [0.15, 0.2) is 29.0 Å². The molecule has 0 radical (unpaired) electrons. The van der Waals surface area contributed by atoms with E-state index in [0.717, 1.165) is 12.1 Å². The molecule has 0 aliphatic rings. The van der Waals surface area contributed by atoms with Crippen molar-refractivity contribution in [2.24, 2.45) is 0 Å². The molecule has 0 saturated heterocycles. The number of nitrogens with one attached hydrogen (secondary N) is 1. The van der Waals surface area contributed by atoms with Crippen LogP contribution in [0.25, 0.3) is 0 Å². The summed E-state index contributed by atoms with van der Waals surface area (Å²) >= 11 is 11.9. The zero-order valence-electron chi connectivity index (χ0n) is 8.99. The molecule has 90 valence electrons. The van der Waals surface area contributed by atoms with Gasteiger partial charge in [0.05, 0.1) is 0 Å². The first-order valence-electron chi connectivity index (χ1n) is 5.16. The number of hydrogen-bond acceptors (Lipinski definition) is 4. The van der Waals surface area contributed by atoms with Crippen molar-refractivity contribution in [3.8, 4) is 0 Å². The fourth-order valence-electron chi connectivity index (χ4n) is 1.40. The minimum Gasteiger partial charge on any atom is -0.340 e. The van der Waals surface area contributed by atoms with Crippen molar-refractivity contribution in [2.45, 2.75) is 13.0 Å². The van der Waals surface area contributed by atoms with E-state index in [9.17, 15) is 0 Å². The quantitative estimate of drug-likeness (QED) is 0.850. The average molecular weight is 272 g/mol. The molecular formula is C11H11Cl2N3O. The Balaban J connectivity index is 1.80. The lowest BCUT2D eigenvalue weighted by Gasteiger charge is -2.06. The molecule has 0 atom stereocenters. The van der Waals surface area contributed by atoms with Crippen LogP contribution in [-0.4, -0.2) is 16.7 Å². The molecular weight excluding hydrogens is 261 g/mol. The van der Waals surface area contributed by atoms with E-state index in [1.807, 2.05) is 6.07 Å². The summed E-state index contributed by atoms with van der Waals surface area (Å²) in [5.41, 5.74) is 0.977. The Morgan fingerprint density at radius 3 is 2.94 bits per heavy atom. The molecule has 1 aromatic heterocycles. The highest BCUT2D eigenvalue weighted by Crippen LogP contribution is 2.20. The highest BCUT2D eigenvalue weighted by atomic mass is 35.5. The van der Waals surface area contributed by atoms with Gasteiger partial charge in [0, 0.05) is 29.6 Å². The van der Waals surface area contributed by atoms with Gasteiger partial charge in [-0.1, -0.05) is 28.4 Å². The van der Waals surface area contributed by atoms with Gasteiger partial charge in [-0.2, -0.15) is 4.98 Å². The van der Waals surface area contributed by atoms with Crippen molar-refractivity contribution in [1.29, 1.82) is 0 Å². The summed E-state index contributed by atoms with van der Waals surface area (Å²) in [6, 6.07) is 5.41. The van der Waals surface area contributed by atoms with Crippen LogP contribution in [0, 0.1) is 0 Å². The Hall–Kier alpha value is -1.10. The molecule has 6 heteroatoms. The summed E-state index contributed by atoms with van der Waals surface area (Å²) in [5, 5.41) is 8.16. The van der Waals surface area contributed by atoms with E-state index in [2.05, 4.69) is 15.5 Å². The van der Waals surface area contributed by atoms with Gasteiger partial charge in [0.15, 0.2) is 6.33 Å². The lowest BCUT2D eigenvalue weighted by Crippen LogP contribution is -2.17. The van der Waals surface area contributed by atoms with E-state index in [0.29, 0.717) is 28.9 Å². The molecule has 17 heavy (non-hydrogen) atoms. The van der Waals surface area contributed by atoms with E-state index in [-0.39, 0.29) is 0 Å². The summed E-state index contributed by atoms with van der Waals surface area (Å²) in [5.74, 6) is 0.620. The van der Waals surface area contributed by atoms with Crippen molar-refractivity contribution < 1.29 is 4.52 Å². The van der Waals surface area contributed by atoms with Crippen molar-refractivity contribution in [1.82, 2.24) is 15.5 Å². The van der Waals surface area contributed by atoms with Gasteiger partial charge in [-0.15, -0.1) is 0 Å². The SMILES string of the molecule is Clc1ccc(Cl)c(CNCCc2ncno2)c1. The van der Waals surface area contributed by atoms with E-state index in [1.165, 1.54) is 6.33 Å². The number of rotatable bonds is 5. The predicted octanol–water partition coefficient (Wildman–Crippen LogP) is 2.71. The predicted molar refractivity (Wildman–Crippen MR) is 66.2 cm³/mol. The molecule has 0 aliphatic heterocycles. The van der Waals surface area contributed by atoms with Crippen LogP contribution in [0.2, 0.25) is 10.0 Å². The molecule has 0 amide bonds. The smallest absolute Gasteiger partial charge is 0.227 e. The first kappa shape index (κ1) is 12.4. The molecule has 0 aliphatic carbocycles. The topological polar surface area (TPSA) is 51.0 Å². The summed E-state index contributed by atoms with van der Waals surface area (Å²) in [4.78, 5) is 3.93. The van der Waals surface area contributed by atoms with Crippen molar-refractivity contribution in [3.05, 3.63) is 46.0 Å². The molecule has 0 fully saturated rings. The fourth-order valence-corrected chi connectivity index (χ4v) is 1.78. The van der Waals surface area contributed by atoms with Crippen LogP contribution in [0.5, 0.6) is 0 Å². The number of aromatic nitrogens is 2. The average Bonchev–Trinajstić information content (AvgIpc) is 2.82. The van der Waals surface area contributed by atoms with Gasteiger partial charge in [0.1, 0.15) is 0 Å². The number of hydrogen-bond donors (Lipinski definition) is 1. The third-order valence-corrected chi connectivity index (χ3v) is 2.85. The molecule has 1 aromatic carbocycles. The molecule has 1 N–H and O–H groups in total. The van der Waals surface area contributed by atoms with E-state index in [4.69, 9.17) is 27.7 Å². The highest BCUT2D eigenvalue weighted by molar-refractivity contribution is 6.33. The normalized spacial score (nSPS) is 10.7. The summed E-state index contributed by atoms with van der Waals surface area (Å²) in [6.07, 6.45) is 2.08. The Labute approximate surface area is 109 Å². The van der Waals surface area contributed by atoms with Gasteiger partial charge in [-0.05, 0) is 23.8 Å². The van der Waals surface area contributed by atoms with Crippen LogP contribution < -0.4 is 5.32 Å². The van der Waals surface area contributed by atoms with Gasteiger partial charge in [0.2, 0.25) is 5.89 Å². The van der Waals surface area contributed by atoms with Gasteiger partial charge in [-0.3, -0.25) is 0 Å². The van der Waals surface area contributed by atoms with E-state index in [1.54, 1.807) is 12.1 Å². The molecule has 0 spiro atoms. The third-order valence-electron chi connectivity index (χ3n) is 2.25. The van der Waals surface area contributed by atoms with Crippen molar-refractivity contribution in [3.63, 3.8) is 0 Å². The second-order valence-corrected chi connectivity index (χ2v) is 4.34. The second-order valence-electron chi connectivity index (χ2n) is 3.50. The minimum absolute atomic E-state index is 0.620. The van der Waals surface area contributed by atoms with Gasteiger partial charge < -0.3 is 9.84 Å². The monoisotopic (exact) mass is 271 g/mol. The number of nitrogens with zero attached hydrogens (tertiary/aromatic N) is 2. The standard InChI is InChI=1S/C11H11Cl2N3O/c12-9-1-2-10(13)8(5-9)6-14-4-3-11-15-7-16-17-11/h1-2,5,7,14H,3-4,6H2. The molecule has 2 aromatic rings. The molecule has 1 heterocycles. The van der Waals surface area contributed by atoms with Crippen molar-refractivity contribution in [2.75, 3.05) is 6.54 Å². The Kier molecular flexibility index (Phi) is 4.36. The summed E-state index contributed by atoms with van der Waals surface area (Å²) < 4.78 is 4.88. The molecule has 2 rings (SSSR count). The van der Waals surface area contributed by atoms with E-state index < -0.39 is 0 Å². The fraction of sp³-hybridized carbons (Fsp3) is 0.273. The lowest BCUT2D eigenvalue weighted by molar-refractivity contribution is 0.375. The zero-order valence-corrected chi connectivity index (χ0v) is 10.5.